The Labute approximate surface area is 52.9 Å². The van der Waals surface area contributed by atoms with Gasteiger partial charge in [-0.05, 0) is 0 Å². The minimum Gasteiger partial charge on any atom is 0 e. The van der Waals surface area contributed by atoms with E-state index in [2.05, 4.69) is 23.4 Å². The zero-order valence-corrected chi connectivity index (χ0v) is 7.61. The van der Waals surface area contributed by atoms with Crippen molar-refractivity contribution in [2.24, 2.45) is 0 Å². The minimum atomic E-state index is 0. The van der Waals surface area contributed by atoms with Crippen molar-refractivity contribution in [3.8, 4) is 0 Å². The van der Waals surface area contributed by atoms with Crippen LogP contribution in [0.3, 0.4) is 0 Å². The van der Waals surface area contributed by atoms with E-state index in [1.165, 1.54) is 11.7 Å². The molecular weight excluding hydrogens is 181 g/mol. The standard InChI is InChI=1S/C3H7Ge.Ge/c1-2-3-4;/h2-3H2,1H3;. The van der Waals surface area contributed by atoms with E-state index in [9.17, 15) is 0 Å². The molecule has 2 heteroatoms. The van der Waals surface area contributed by atoms with E-state index in [1.807, 2.05) is 0 Å². The van der Waals surface area contributed by atoms with Gasteiger partial charge < -0.3 is 0 Å². The van der Waals surface area contributed by atoms with Crippen LogP contribution in [0, 0.1) is 0 Å². The third-order valence-corrected chi connectivity index (χ3v) is 1.30. The molecule has 0 unspecified atom stereocenters. The molecule has 7 radical (unpaired) electrons. The van der Waals surface area contributed by atoms with Crippen LogP contribution in [0.5, 0.6) is 0 Å². The second-order valence-electron chi connectivity index (χ2n) is 0.750. The Morgan fingerprint density at radius 2 is 1.80 bits per heavy atom. The average molecular weight is 188 g/mol. The van der Waals surface area contributed by atoms with Crippen molar-refractivity contribution in [1.82, 2.24) is 0 Å². The number of rotatable bonds is 1. The molecule has 0 aromatic heterocycles. The SMILES string of the molecule is CC[CH2][Ge].[Ge]. The molecule has 0 atom stereocenters. The number of hydrogen-bond donors (Lipinski definition) is 0. The van der Waals surface area contributed by atoms with Crippen molar-refractivity contribution in [2.45, 2.75) is 18.6 Å². The summed E-state index contributed by atoms with van der Waals surface area (Å²) in [5.41, 5.74) is 0. The van der Waals surface area contributed by atoms with Crippen molar-refractivity contribution in [2.75, 3.05) is 0 Å². The summed E-state index contributed by atoms with van der Waals surface area (Å²) in [7, 11) is 0. The van der Waals surface area contributed by atoms with Gasteiger partial charge in [-0.25, -0.2) is 0 Å². The van der Waals surface area contributed by atoms with E-state index in [0.29, 0.717) is 0 Å². The fourth-order valence-corrected chi connectivity index (χ4v) is 0. The first-order valence-electron chi connectivity index (χ1n) is 1.56. The predicted molar refractivity (Wildman–Crippen MR) is 26.6 cm³/mol. The van der Waals surface area contributed by atoms with E-state index in [1.54, 1.807) is 0 Å². The fourth-order valence-electron chi connectivity index (χ4n) is 0. The average Bonchev–Trinajstić information content (AvgIpc) is 1.37. The van der Waals surface area contributed by atoms with E-state index in [4.69, 9.17) is 0 Å². The van der Waals surface area contributed by atoms with Gasteiger partial charge in [0.05, 0.1) is 0 Å². The van der Waals surface area contributed by atoms with Gasteiger partial charge in [0.2, 0.25) is 0 Å². The first-order chi connectivity index (χ1) is 1.91. The van der Waals surface area contributed by atoms with Gasteiger partial charge in [0, 0.05) is 17.6 Å². The second kappa shape index (κ2) is 8.92. The Kier molecular flexibility index (Phi) is 16.8. The molecule has 0 saturated carbocycles. The maximum atomic E-state index is 2.18. The van der Waals surface area contributed by atoms with Crippen LogP contribution in [0.25, 0.3) is 0 Å². The second-order valence-corrected chi connectivity index (χ2v) is 1.80. The van der Waals surface area contributed by atoms with Gasteiger partial charge in [-0.2, -0.15) is 0 Å². The van der Waals surface area contributed by atoms with Crippen molar-refractivity contribution in [3.63, 3.8) is 0 Å². The van der Waals surface area contributed by atoms with Gasteiger partial charge in [-0.1, -0.05) is 0 Å². The molecule has 0 aliphatic carbocycles. The first kappa shape index (κ1) is 9.43. The minimum absolute atomic E-state index is 0. The Balaban J connectivity index is 0. The van der Waals surface area contributed by atoms with Crippen molar-refractivity contribution >= 4 is 34.1 Å². The third kappa shape index (κ3) is 11.1. The van der Waals surface area contributed by atoms with E-state index in [-0.39, 0.29) is 17.6 Å². The van der Waals surface area contributed by atoms with Gasteiger partial charge in [-0.15, -0.1) is 0 Å². The Bertz CT molecular complexity index is 6.85. The van der Waals surface area contributed by atoms with Crippen molar-refractivity contribution < 1.29 is 0 Å². The maximum Gasteiger partial charge on any atom is 0 e. The van der Waals surface area contributed by atoms with Crippen LogP contribution in [0.1, 0.15) is 13.3 Å². The molecule has 0 aliphatic heterocycles. The first-order valence-corrected chi connectivity index (χ1v) is 3.04. The monoisotopic (exact) mass is 191 g/mol. The molecule has 0 aromatic carbocycles. The van der Waals surface area contributed by atoms with Crippen LogP contribution in [-0.2, 0) is 0 Å². The zero-order chi connectivity index (χ0) is 3.41. The van der Waals surface area contributed by atoms with Crippen LogP contribution in [0.15, 0.2) is 0 Å². The predicted octanol–water partition coefficient (Wildman–Crippen LogP) is 0.602. The van der Waals surface area contributed by atoms with Gasteiger partial charge in [0.1, 0.15) is 0 Å². The Morgan fingerprint density at radius 1 is 1.60 bits per heavy atom. The molecule has 27 valence electrons. The Hall–Kier alpha value is 1.09. The molecule has 5 heavy (non-hydrogen) atoms. The van der Waals surface area contributed by atoms with Gasteiger partial charge >= 0.3 is 35.1 Å². The molecule has 0 rings (SSSR count). The van der Waals surface area contributed by atoms with Crippen molar-refractivity contribution in [1.29, 1.82) is 0 Å². The smallest absolute Gasteiger partial charge is 0 e. The molecule has 0 saturated heterocycles. The summed E-state index contributed by atoms with van der Waals surface area (Å²) in [5.74, 6) is 0. The summed E-state index contributed by atoms with van der Waals surface area (Å²) in [5, 5.41) is 1.32. The molecule has 0 aromatic rings. The largest absolute Gasteiger partial charge is 0 e. The molecule has 0 N–H and O–H groups in total. The van der Waals surface area contributed by atoms with Gasteiger partial charge in [0.25, 0.3) is 0 Å². The summed E-state index contributed by atoms with van der Waals surface area (Å²) >= 11 is 2.18. The third-order valence-electron chi connectivity index (χ3n) is 0.250. The summed E-state index contributed by atoms with van der Waals surface area (Å²) in [6, 6.07) is 0. The van der Waals surface area contributed by atoms with E-state index in [0.717, 1.165) is 0 Å². The number of hydrogen-bond acceptors (Lipinski definition) is 0. The van der Waals surface area contributed by atoms with Crippen LogP contribution in [-0.4, -0.2) is 34.1 Å². The van der Waals surface area contributed by atoms with Crippen LogP contribution < -0.4 is 0 Å². The van der Waals surface area contributed by atoms with Gasteiger partial charge in [-0.3, -0.25) is 0 Å². The molecular formula is C3H7Ge2. The van der Waals surface area contributed by atoms with E-state index >= 15 is 0 Å². The topological polar surface area (TPSA) is 0 Å². The summed E-state index contributed by atoms with van der Waals surface area (Å²) in [6.45, 7) is 2.18. The van der Waals surface area contributed by atoms with Gasteiger partial charge in [0.15, 0.2) is 0 Å². The summed E-state index contributed by atoms with van der Waals surface area (Å²) in [4.78, 5) is 0. The van der Waals surface area contributed by atoms with E-state index < -0.39 is 0 Å². The molecule has 0 nitrogen and oxygen atoms in total. The fraction of sp³-hybridized carbons (Fsp3) is 1.00. The molecule has 0 bridgehead atoms. The zero-order valence-electron chi connectivity index (χ0n) is 3.41. The normalized spacial score (nSPS) is 6.00. The maximum absolute atomic E-state index is 2.18. The van der Waals surface area contributed by atoms with Crippen molar-refractivity contribution in [3.05, 3.63) is 0 Å². The summed E-state index contributed by atoms with van der Waals surface area (Å²) < 4.78 is 0. The molecule has 0 amide bonds. The molecule has 0 heterocycles. The molecule has 0 fully saturated rings. The van der Waals surface area contributed by atoms with Crippen LogP contribution >= 0.6 is 0 Å². The Morgan fingerprint density at radius 3 is 1.80 bits per heavy atom. The quantitative estimate of drug-likeness (QED) is 0.529. The molecule has 0 spiro atoms. The molecule has 0 aliphatic rings. The van der Waals surface area contributed by atoms with Crippen LogP contribution in [0.4, 0.5) is 0 Å². The van der Waals surface area contributed by atoms with Crippen LogP contribution in [0.2, 0.25) is 5.25 Å². The summed E-state index contributed by atoms with van der Waals surface area (Å²) in [6.07, 6.45) is 1.32.